The lowest BCUT2D eigenvalue weighted by molar-refractivity contribution is 0.173. The van der Waals surface area contributed by atoms with Crippen molar-refractivity contribution < 1.29 is 9.47 Å². The lowest BCUT2D eigenvalue weighted by Gasteiger charge is -2.07. The summed E-state index contributed by atoms with van der Waals surface area (Å²) in [6.45, 7) is 2.90. The number of rotatable bonds is 6. The Balaban J connectivity index is 1.83. The number of nitrogens with two attached hydrogens (primary N) is 1. The largest absolute Gasteiger partial charge is 0.454 e. The van der Waals surface area contributed by atoms with Crippen LogP contribution in [0.1, 0.15) is 18.4 Å². The zero-order chi connectivity index (χ0) is 11.2. The molecule has 1 aliphatic heterocycles. The average Bonchev–Trinajstić information content (AvgIpc) is 2.77. The van der Waals surface area contributed by atoms with Gasteiger partial charge in [0.1, 0.15) is 0 Å². The normalized spacial score (nSPS) is 13.1. The molecule has 1 aromatic carbocycles. The summed E-state index contributed by atoms with van der Waals surface area (Å²) < 4.78 is 10.7. The van der Waals surface area contributed by atoms with E-state index in [9.17, 15) is 0 Å². The lowest BCUT2D eigenvalue weighted by atomic mass is 10.2. The molecule has 1 aromatic rings. The molecule has 0 spiro atoms. The van der Waals surface area contributed by atoms with E-state index in [1.165, 1.54) is 0 Å². The fourth-order valence-electron chi connectivity index (χ4n) is 1.75. The van der Waals surface area contributed by atoms with Gasteiger partial charge < -0.3 is 20.5 Å². The van der Waals surface area contributed by atoms with Crippen LogP contribution in [0.4, 0.5) is 0 Å². The number of hydrogen-bond acceptors (Lipinski definition) is 4. The standard InChI is InChI=1S/C12H18N2O2/c13-6-1-2-7-14-8-10-4-3-5-11-12(10)16-9-15-11/h3-5,14H,1-2,6-9,13H2. The molecule has 0 aromatic heterocycles. The summed E-state index contributed by atoms with van der Waals surface area (Å²) in [7, 11) is 0. The number of ether oxygens (including phenoxy) is 2. The summed E-state index contributed by atoms with van der Waals surface area (Å²) in [5.74, 6) is 1.73. The highest BCUT2D eigenvalue weighted by Crippen LogP contribution is 2.35. The second-order valence-corrected chi connectivity index (χ2v) is 3.82. The fraction of sp³-hybridized carbons (Fsp3) is 0.500. The Hall–Kier alpha value is -1.26. The van der Waals surface area contributed by atoms with Gasteiger partial charge in [-0.05, 0) is 32.0 Å². The number of para-hydroxylation sites is 1. The average molecular weight is 222 g/mol. The summed E-state index contributed by atoms with van der Waals surface area (Å²) in [6, 6.07) is 5.98. The third-order valence-electron chi connectivity index (χ3n) is 2.60. The van der Waals surface area contributed by atoms with Crippen LogP contribution in [0.5, 0.6) is 11.5 Å². The molecule has 0 fully saturated rings. The third kappa shape index (κ3) is 2.65. The van der Waals surface area contributed by atoms with E-state index in [0.717, 1.165) is 49.5 Å². The predicted octanol–water partition coefficient (Wildman–Crippen LogP) is 1.24. The van der Waals surface area contributed by atoms with Gasteiger partial charge in [0.25, 0.3) is 0 Å². The molecule has 0 saturated heterocycles. The van der Waals surface area contributed by atoms with Gasteiger partial charge in [0.05, 0.1) is 0 Å². The molecule has 3 N–H and O–H groups in total. The van der Waals surface area contributed by atoms with Crippen molar-refractivity contribution >= 4 is 0 Å². The van der Waals surface area contributed by atoms with Crippen molar-refractivity contribution in [3.63, 3.8) is 0 Å². The van der Waals surface area contributed by atoms with Crippen molar-refractivity contribution in [2.75, 3.05) is 19.9 Å². The van der Waals surface area contributed by atoms with E-state index in [-0.39, 0.29) is 0 Å². The van der Waals surface area contributed by atoms with E-state index >= 15 is 0 Å². The van der Waals surface area contributed by atoms with Crippen LogP contribution in [0.2, 0.25) is 0 Å². The molecular formula is C12H18N2O2. The van der Waals surface area contributed by atoms with Gasteiger partial charge in [-0.15, -0.1) is 0 Å². The highest BCUT2D eigenvalue weighted by Gasteiger charge is 2.16. The Morgan fingerprint density at radius 3 is 3.06 bits per heavy atom. The van der Waals surface area contributed by atoms with Crippen molar-refractivity contribution in [2.24, 2.45) is 5.73 Å². The highest BCUT2D eigenvalue weighted by atomic mass is 16.7. The van der Waals surface area contributed by atoms with E-state index in [0.29, 0.717) is 6.79 Å². The van der Waals surface area contributed by atoms with E-state index in [2.05, 4.69) is 11.4 Å². The van der Waals surface area contributed by atoms with Crippen LogP contribution in [0.15, 0.2) is 18.2 Å². The van der Waals surface area contributed by atoms with Crippen LogP contribution >= 0.6 is 0 Å². The zero-order valence-electron chi connectivity index (χ0n) is 9.37. The first kappa shape index (κ1) is 11.2. The molecule has 0 saturated carbocycles. The summed E-state index contributed by atoms with van der Waals surface area (Å²) in [5, 5.41) is 3.38. The predicted molar refractivity (Wildman–Crippen MR) is 62.6 cm³/mol. The molecule has 0 radical (unpaired) electrons. The fourth-order valence-corrected chi connectivity index (χ4v) is 1.75. The Kier molecular flexibility index (Phi) is 4.02. The molecule has 0 bridgehead atoms. The molecule has 1 heterocycles. The zero-order valence-corrected chi connectivity index (χ0v) is 9.37. The van der Waals surface area contributed by atoms with Crippen molar-refractivity contribution in [3.8, 4) is 11.5 Å². The van der Waals surface area contributed by atoms with Crippen molar-refractivity contribution in [1.82, 2.24) is 5.32 Å². The van der Waals surface area contributed by atoms with E-state index in [4.69, 9.17) is 15.2 Å². The first-order valence-electron chi connectivity index (χ1n) is 5.70. The maximum Gasteiger partial charge on any atom is 0.231 e. The van der Waals surface area contributed by atoms with Crippen molar-refractivity contribution in [1.29, 1.82) is 0 Å². The first-order valence-corrected chi connectivity index (χ1v) is 5.70. The summed E-state index contributed by atoms with van der Waals surface area (Å²) in [5.41, 5.74) is 6.59. The summed E-state index contributed by atoms with van der Waals surface area (Å²) in [6.07, 6.45) is 2.18. The van der Waals surface area contributed by atoms with Crippen LogP contribution in [-0.4, -0.2) is 19.9 Å². The highest BCUT2D eigenvalue weighted by molar-refractivity contribution is 5.47. The Morgan fingerprint density at radius 1 is 1.25 bits per heavy atom. The van der Waals surface area contributed by atoms with Crippen LogP contribution < -0.4 is 20.5 Å². The number of benzene rings is 1. The third-order valence-corrected chi connectivity index (χ3v) is 2.60. The molecule has 1 aliphatic rings. The van der Waals surface area contributed by atoms with Gasteiger partial charge in [0, 0.05) is 12.1 Å². The Bertz CT molecular complexity index is 342. The molecule has 2 rings (SSSR count). The van der Waals surface area contributed by atoms with Gasteiger partial charge in [0.2, 0.25) is 6.79 Å². The second kappa shape index (κ2) is 5.72. The smallest absolute Gasteiger partial charge is 0.231 e. The number of hydrogen-bond donors (Lipinski definition) is 2. The van der Waals surface area contributed by atoms with Gasteiger partial charge in [-0.25, -0.2) is 0 Å². The Morgan fingerprint density at radius 2 is 2.19 bits per heavy atom. The van der Waals surface area contributed by atoms with Gasteiger partial charge in [-0.1, -0.05) is 12.1 Å². The van der Waals surface area contributed by atoms with Gasteiger partial charge in [0.15, 0.2) is 11.5 Å². The maximum absolute atomic E-state index is 5.43. The quantitative estimate of drug-likeness (QED) is 0.711. The van der Waals surface area contributed by atoms with E-state index in [1.807, 2.05) is 12.1 Å². The van der Waals surface area contributed by atoms with Gasteiger partial charge >= 0.3 is 0 Å². The summed E-state index contributed by atoms with van der Waals surface area (Å²) >= 11 is 0. The van der Waals surface area contributed by atoms with E-state index in [1.54, 1.807) is 0 Å². The molecule has 0 atom stereocenters. The molecule has 4 nitrogen and oxygen atoms in total. The molecule has 16 heavy (non-hydrogen) atoms. The van der Waals surface area contributed by atoms with Gasteiger partial charge in [-0.3, -0.25) is 0 Å². The van der Waals surface area contributed by atoms with Crippen molar-refractivity contribution in [3.05, 3.63) is 23.8 Å². The van der Waals surface area contributed by atoms with Crippen LogP contribution in [0.25, 0.3) is 0 Å². The molecule has 0 amide bonds. The minimum Gasteiger partial charge on any atom is -0.454 e. The Labute approximate surface area is 95.7 Å². The van der Waals surface area contributed by atoms with E-state index < -0.39 is 0 Å². The molecular weight excluding hydrogens is 204 g/mol. The van der Waals surface area contributed by atoms with Crippen molar-refractivity contribution in [2.45, 2.75) is 19.4 Å². The minimum absolute atomic E-state index is 0.333. The summed E-state index contributed by atoms with van der Waals surface area (Å²) in [4.78, 5) is 0. The molecule has 88 valence electrons. The van der Waals surface area contributed by atoms with Crippen LogP contribution in [-0.2, 0) is 6.54 Å². The topological polar surface area (TPSA) is 56.5 Å². The first-order chi connectivity index (χ1) is 7.92. The maximum atomic E-state index is 5.43. The SMILES string of the molecule is NCCCCNCc1cccc2c1OCO2. The lowest BCUT2D eigenvalue weighted by Crippen LogP contribution is -2.16. The van der Waals surface area contributed by atoms with Crippen LogP contribution in [0, 0.1) is 0 Å². The minimum atomic E-state index is 0.333. The molecule has 0 unspecified atom stereocenters. The van der Waals surface area contributed by atoms with Crippen LogP contribution in [0.3, 0.4) is 0 Å². The second-order valence-electron chi connectivity index (χ2n) is 3.82. The molecule has 4 heteroatoms. The molecule has 0 aliphatic carbocycles. The monoisotopic (exact) mass is 222 g/mol. The van der Waals surface area contributed by atoms with Gasteiger partial charge in [-0.2, -0.15) is 0 Å². The number of unbranched alkanes of at least 4 members (excludes halogenated alkanes) is 1. The number of fused-ring (bicyclic) bond motifs is 1. The number of nitrogens with one attached hydrogen (secondary N) is 1.